The van der Waals surface area contributed by atoms with Gasteiger partial charge in [0, 0.05) is 29.9 Å². The summed E-state index contributed by atoms with van der Waals surface area (Å²) in [6.45, 7) is 3.69. The molecule has 0 radical (unpaired) electrons. The van der Waals surface area contributed by atoms with Crippen molar-refractivity contribution < 1.29 is 31.6 Å². The number of carbonyl (C=O) groups excluding carboxylic acids is 1. The van der Waals surface area contributed by atoms with E-state index in [1.165, 1.54) is 43.4 Å². The van der Waals surface area contributed by atoms with E-state index in [4.69, 9.17) is 4.74 Å². The first-order valence-electron chi connectivity index (χ1n) is 13.1. The molecule has 13 heteroatoms. The van der Waals surface area contributed by atoms with Gasteiger partial charge in [0.1, 0.15) is 41.0 Å². The number of nitrogens with one attached hydrogen (secondary N) is 1. The van der Waals surface area contributed by atoms with Crippen molar-refractivity contribution in [1.82, 2.24) is 14.9 Å². The van der Waals surface area contributed by atoms with Crippen molar-refractivity contribution in [2.24, 2.45) is 0 Å². The van der Waals surface area contributed by atoms with Crippen LogP contribution in [0.5, 0.6) is 5.75 Å². The molecule has 5 rings (SSSR count). The van der Waals surface area contributed by atoms with Crippen molar-refractivity contribution in [3.63, 3.8) is 0 Å². The fourth-order valence-corrected chi connectivity index (χ4v) is 5.76. The first-order chi connectivity index (χ1) is 20.3. The van der Waals surface area contributed by atoms with Crippen LogP contribution in [0, 0.1) is 11.6 Å². The second-order valence-corrected chi connectivity index (χ2v) is 11.1. The fourth-order valence-electron chi connectivity index (χ4n) is 4.49. The van der Waals surface area contributed by atoms with Gasteiger partial charge in [0.05, 0.1) is 11.4 Å². The second kappa shape index (κ2) is 12.9. The molecule has 0 spiro atoms. The number of likely N-dealkylation sites (tertiary alicyclic amines) is 1. The molecule has 1 saturated heterocycles. The number of carbonyl (C=O) groups is 1. The average Bonchev–Trinajstić information content (AvgIpc) is 3.50. The Bertz CT molecular complexity index is 1630. The summed E-state index contributed by atoms with van der Waals surface area (Å²) in [5.74, 6) is -1.03. The molecule has 218 valence electrons. The average molecular weight is 596 g/mol. The maximum Gasteiger partial charge on any atom is 0.322 e. The molecule has 10 nitrogen and oxygen atoms in total. The van der Waals surface area contributed by atoms with Crippen LogP contribution in [0.4, 0.5) is 26.0 Å². The van der Waals surface area contributed by atoms with Gasteiger partial charge in [-0.25, -0.2) is 18.7 Å². The van der Waals surface area contributed by atoms with Crippen LogP contribution in [-0.4, -0.2) is 56.0 Å². The molecule has 42 heavy (non-hydrogen) atoms. The van der Waals surface area contributed by atoms with Crippen LogP contribution in [0.25, 0.3) is 11.3 Å². The Hall–Kier alpha value is -4.62. The minimum absolute atomic E-state index is 0.0949. The second-order valence-electron chi connectivity index (χ2n) is 9.39. The third-order valence-corrected chi connectivity index (χ3v) is 8.19. The SMILES string of the molecule is O=CON(c1ccc(Nc2cc(-c3ccc(OCCN4CCCC4)cc3)ncn2)cc1)S(=O)(=O)c1ccc(F)cc1F. The number of nitrogens with zero attached hydrogens (tertiary/aromatic N) is 4. The number of hydrogen-bond acceptors (Lipinski definition) is 9. The Balaban J connectivity index is 1.25. The molecule has 0 unspecified atom stereocenters. The monoisotopic (exact) mass is 595 g/mol. The van der Waals surface area contributed by atoms with Gasteiger partial charge >= 0.3 is 6.47 Å². The summed E-state index contributed by atoms with van der Waals surface area (Å²) in [6, 6.07) is 17.1. The molecule has 3 aromatic carbocycles. The number of aromatic nitrogens is 2. The van der Waals surface area contributed by atoms with Crippen LogP contribution >= 0.6 is 0 Å². The lowest BCUT2D eigenvalue weighted by molar-refractivity contribution is -0.128. The molecular weight excluding hydrogens is 568 g/mol. The Morgan fingerprint density at radius 2 is 1.69 bits per heavy atom. The number of halogens is 2. The summed E-state index contributed by atoms with van der Waals surface area (Å²) < 4.78 is 59.6. The highest BCUT2D eigenvalue weighted by Crippen LogP contribution is 2.29. The first kappa shape index (κ1) is 28.9. The summed E-state index contributed by atoms with van der Waals surface area (Å²) in [5.41, 5.74) is 1.97. The minimum atomic E-state index is -4.70. The third-order valence-electron chi connectivity index (χ3n) is 6.57. The van der Waals surface area contributed by atoms with Gasteiger partial charge in [0.15, 0.2) is 0 Å². The predicted molar refractivity (Wildman–Crippen MR) is 152 cm³/mol. The summed E-state index contributed by atoms with van der Waals surface area (Å²) in [5, 5.41) is 3.10. The maximum absolute atomic E-state index is 14.2. The topological polar surface area (TPSA) is 114 Å². The molecule has 2 heterocycles. The van der Waals surface area contributed by atoms with Gasteiger partial charge in [-0.05, 0) is 86.6 Å². The lowest BCUT2D eigenvalue weighted by atomic mass is 10.1. The van der Waals surface area contributed by atoms with Crippen LogP contribution < -0.4 is 14.5 Å². The van der Waals surface area contributed by atoms with Gasteiger partial charge < -0.3 is 14.9 Å². The van der Waals surface area contributed by atoms with E-state index < -0.39 is 26.6 Å². The number of rotatable bonds is 12. The highest BCUT2D eigenvalue weighted by molar-refractivity contribution is 7.92. The maximum atomic E-state index is 14.2. The first-order valence-corrected chi connectivity index (χ1v) is 14.5. The zero-order valence-electron chi connectivity index (χ0n) is 22.3. The van der Waals surface area contributed by atoms with E-state index in [9.17, 15) is 22.0 Å². The van der Waals surface area contributed by atoms with Gasteiger partial charge in [-0.3, -0.25) is 9.69 Å². The van der Waals surface area contributed by atoms with Gasteiger partial charge in [0.25, 0.3) is 10.0 Å². The molecule has 0 bridgehead atoms. The fraction of sp³-hybridized carbons (Fsp3) is 0.207. The molecule has 0 aliphatic carbocycles. The summed E-state index contributed by atoms with van der Waals surface area (Å²) in [6.07, 6.45) is 3.91. The molecule has 1 aromatic heterocycles. The van der Waals surface area contributed by atoms with Crippen molar-refractivity contribution in [3.05, 3.63) is 90.8 Å². The zero-order valence-corrected chi connectivity index (χ0v) is 23.1. The van der Waals surface area contributed by atoms with E-state index in [2.05, 4.69) is 25.0 Å². The molecule has 1 aliphatic rings. The smallest absolute Gasteiger partial charge is 0.322 e. The summed E-state index contributed by atoms with van der Waals surface area (Å²) in [7, 11) is -4.70. The van der Waals surface area contributed by atoms with E-state index in [0.29, 0.717) is 29.9 Å². The molecule has 1 fully saturated rings. The van der Waals surface area contributed by atoms with Crippen molar-refractivity contribution >= 4 is 33.7 Å². The van der Waals surface area contributed by atoms with E-state index in [1.807, 2.05) is 24.3 Å². The quantitative estimate of drug-likeness (QED) is 0.180. The van der Waals surface area contributed by atoms with Crippen LogP contribution in [0.1, 0.15) is 12.8 Å². The highest BCUT2D eigenvalue weighted by atomic mass is 32.2. The highest BCUT2D eigenvalue weighted by Gasteiger charge is 2.30. The summed E-state index contributed by atoms with van der Waals surface area (Å²) in [4.78, 5) is 25.8. The van der Waals surface area contributed by atoms with Crippen molar-refractivity contribution in [2.45, 2.75) is 17.7 Å². The van der Waals surface area contributed by atoms with Gasteiger partial charge in [0.2, 0.25) is 0 Å². The number of sulfonamides is 1. The van der Waals surface area contributed by atoms with Crippen LogP contribution in [0.15, 0.2) is 84.0 Å². The minimum Gasteiger partial charge on any atom is -0.492 e. The molecule has 4 aromatic rings. The number of benzene rings is 3. The molecular formula is C29H27F2N5O5S. The normalized spacial score (nSPS) is 13.5. The standard InChI is InChI=1S/C29H27F2N5O5S/c30-22-5-12-28(26(31)17-22)42(38,39)36(41-20-37)24-8-6-23(7-9-24)34-29-18-27(32-19-33-29)21-3-10-25(11-4-21)40-16-15-35-13-1-2-14-35/h3-12,17-20H,1-2,13-16H2,(H,32,33,34). The molecule has 0 saturated carbocycles. The van der Waals surface area contributed by atoms with Gasteiger partial charge in [-0.2, -0.15) is 8.42 Å². The Labute approximate surface area is 241 Å². The molecule has 0 amide bonds. The Kier molecular flexibility index (Phi) is 8.88. The largest absolute Gasteiger partial charge is 0.492 e. The lowest BCUT2D eigenvalue weighted by Gasteiger charge is -2.21. The third kappa shape index (κ3) is 6.81. The van der Waals surface area contributed by atoms with Crippen LogP contribution in [0.3, 0.4) is 0 Å². The van der Waals surface area contributed by atoms with Crippen LogP contribution in [0.2, 0.25) is 0 Å². The van der Waals surface area contributed by atoms with Crippen molar-refractivity contribution in [1.29, 1.82) is 0 Å². The van der Waals surface area contributed by atoms with Gasteiger partial charge in [-0.1, -0.05) is 4.47 Å². The van der Waals surface area contributed by atoms with E-state index in [1.54, 1.807) is 6.07 Å². The zero-order chi connectivity index (χ0) is 29.5. The van der Waals surface area contributed by atoms with E-state index >= 15 is 0 Å². The number of ether oxygens (including phenoxy) is 1. The van der Waals surface area contributed by atoms with Crippen LogP contribution in [-0.2, 0) is 19.7 Å². The van der Waals surface area contributed by atoms with Crippen molar-refractivity contribution in [2.75, 3.05) is 36.0 Å². The van der Waals surface area contributed by atoms with Crippen molar-refractivity contribution in [3.8, 4) is 17.0 Å². The number of anilines is 3. The molecule has 0 atom stereocenters. The van der Waals surface area contributed by atoms with E-state index in [-0.39, 0.29) is 16.6 Å². The predicted octanol–water partition coefficient (Wildman–Crippen LogP) is 4.92. The number of hydrogen-bond donors (Lipinski definition) is 1. The van der Waals surface area contributed by atoms with E-state index in [0.717, 1.165) is 43.1 Å². The lowest BCUT2D eigenvalue weighted by Crippen LogP contribution is -2.31. The molecule has 1 aliphatic heterocycles. The van der Waals surface area contributed by atoms with Gasteiger partial charge in [-0.15, -0.1) is 0 Å². The molecule has 1 N–H and O–H groups in total. The Morgan fingerprint density at radius 3 is 2.38 bits per heavy atom. The Morgan fingerprint density at radius 1 is 0.952 bits per heavy atom. The summed E-state index contributed by atoms with van der Waals surface area (Å²) >= 11 is 0.